The SMILES string of the molecule is COc1cccc(C(CNc2cccc(N)n2)N(C)C)c1. The summed E-state index contributed by atoms with van der Waals surface area (Å²) in [5.74, 6) is 2.16. The van der Waals surface area contributed by atoms with Crippen LogP contribution in [-0.4, -0.2) is 37.6 Å². The Balaban J connectivity index is 2.12. The average Bonchev–Trinajstić information content (AvgIpc) is 2.47. The molecule has 0 radical (unpaired) electrons. The Morgan fingerprint density at radius 1 is 1.24 bits per heavy atom. The fourth-order valence-corrected chi connectivity index (χ4v) is 2.20. The Labute approximate surface area is 125 Å². The number of nitrogen functional groups attached to an aromatic ring is 1. The molecule has 0 bridgehead atoms. The number of benzene rings is 1. The molecular formula is C16H22N4O. The van der Waals surface area contributed by atoms with Gasteiger partial charge in [0.05, 0.1) is 13.2 Å². The molecule has 5 nitrogen and oxygen atoms in total. The minimum atomic E-state index is 0.211. The Morgan fingerprint density at radius 3 is 2.67 bits per heavy atom. The molecule has 2 rings (SSSR count). The summed E-state index contributed by atoms with van der Waals surface area (Å²) in [5, 5.41) is 3.33. The number of rotatable bonds is 6. The topological polar surface area (TPSA) is 63.4 Å². The van der Waals surface area contributed by atoms with Gasteiger partial charge in [-0.3, -0.25) is 0 Å². The van der Waals surface area contributed by atoms with Crippen LogP contribution >= 0.6 is 0 Å². The first-order valence-electron chi connectivity index (χ1n) is 6.87. The van der Waals surface area contributed by atoms with Crippen LogP contribution in [0.15, 0.2) is 42.5 Å². The van der Waals surface area contributed by atoms with Crippen LogP contribution in [0, 0.1) is 0 Å². The summed E-state index contributed by atoms with van der Waals surface area (Å²) in [6.07, 6.45) is 0. The lowest BCUT2D eigenvalue weighted by Gasteiger charge is -2.25. The standard InChI is InChI=1S/C16H22N4O/c1-20(2)14(12-6-4-7-13(10-12)21-3)11-18-16-9-5-8-15(17)19-16/h4-10,14H,11H2,1-3H3,(H3,17,18,19). The quantitative estimate of drug-likeness (QED) is 0.853. The smallest absolute Gasteiger partial charge is 0.128 e. The first kappa shape index (κ1) is 15.1. The molecule has 0 amide bonds. The first-order valence-corrected chi connectivity index (χ1v) is 6.87. The van der Waals surface area contributed by atoms with E-state index in [1.807, 2.05) is 24.3 Å². The van der Waals surface area contributed by atoms with Gasteiger partial charge in [-0.25, -0.2) is 4.98 Å². The summed E-state index contributed by atoms with van der Waals surface area (Å²) in [6.45, 7) is 0.733. The zero-order chi connectivity index (χ0) is 15.2. The van der Waals surface area contributed by atoms with E-state index in [9.17, 15) is 0 Å². The molecule has 0 aliphatic carbocycles. The van der Waals surface area contributed by atoms with Gasteiger partial charge < -0.3 is 20.7 Å². The van der Waals surface area contributed by atoms with Crippen LogP contribution in [0.25, 0.3) is 0 Å². The Bertz CT molecular complexity index is 586. The predicted octanol–water partition coefficient (Wildman–Crippen LogP) is 2.39. The molecule has 1 heterocycles. The highest BCUT2D eigenvalue weighted by atomic mass is 16.5. The van der Waals surface area contributed by atoms with Gasteiger partial charge in [-0.2, -0.15) is 0 Å². The van der Waals surface area contributed by atoms with Gasteiger partial charge in [0.15, 0.2) is 0 Å². The molecule has 1 atom stereocenters. The molecule has 112 valence electrons. The molecule has 1 aromatic heterocycles. The van der Waals surface area contributed by atoms with Crippen LogP contribution in [0.3, 0.4) is 0 Å². The van der Waals surface area contributed by atoms with E-state index in [1.165, 1.54) is 5.56 Å². The van der Waals surface area contributed by atoms with Gasteiger partial charge in [-0.1, -0.05) is 18.2 Å². The maximum absolute atomic E-state index is 5.70. The van der Waals surface area contributed by atoms with Gasteiger partial charge in [0.1, 0.15) is 17.4 Å². The van der Waals surface area contributed by atoms with Gasteiger partial charge in [0.2, 0.25) is 0 Å². The van der Waals surface area contributed by atoms with Crippen LogP contribution in [0.2, 0.25) is 0 Å². The molecular weight excluding hydrogens is 264 g/mol. The lowest BCUT2D eigenvalue weighted by atomic mass is 10.1. The minimum Gasteiger partial charge on any atom is -0.497 e. The van der Waals surface area contributed by atoms with E-state index in [0.717, 1.165) is 18.1 Å². The van der Waals surface area contributed by atoms with Crippen molar-refractivity contribution < 1.29 is 4.74 Å². The highest BCUT2D eigenvalue weighted by molar-refractivity contribution is 5.42. The van der Waals surface area contributed by atoms with E-state index >= 15 is 0 Å². The number of hydrogen-bond acceptors (Lipinski definition) is 5. The van der Waals surface area contributed by atoms with Gasteiger partial charge >= 0.3 is 0 Å². The second kappa shape index (κ2) is 6.95. The molecule has 0 aliphatic rings. The maximum Gasteiger partial charge on any atom is 0.128 e. The highest BCUT2D eigenvalue weighted by Crippen LogP contribution is 2.23. The number of nitrogens with two attached hydrogens (primary N) is 1. The number of methoxy groups -OCH3 is 1. The molecule has 21 heavy (non-hydrogen) atoms. The number of hydrogen-bond donors (Lipinski definition) is 2. The summed E-state index contributed by atoms with van der Waals surface area (Å²) >= 11 is 0. The van der Waals surface area contributed by atoms with Crippen molar-refractivity contribution in [1.82, 2.24) is 9.88 Å². The number of nitrogens with zero attached hydrogens (tertiary/aromatic N) is 2. The third-order valence-corrected chi connectivity index (χ3v) is 3.35. The zero-order valence-corrected chi connectivity index (χ0v) is 12.7. The third-order valence-electron chi connectivity index (χ3n) is 3.35. The lowest BCUT2D eigenvalue weighted by molar-refractivity contribution is 0.310. The second-order valence-electron chi connectivity index (χ2n) is 5.08. The molecule has 1 aromatic carbocycles. The number of ether oxygens (including phenoxy) is 1. The van der Waals surface area contributed by atoms with E-state index < -0.39 is 0 Å². The molecule has 0 aliphatic heterocycles. The summed E-state index contributed by atoms with van der Waals surface area (Å²) < 4.78 is 5.30. The highest BCUT2D eigenvalue weighted by Gasteiger charge is 2.14. The Morgan fingerprint density at radius 2 is 2.00 bits per heavy atom. The van der Waals surface area contributed by atoms with Gasteiger partial charge in [0.25, 0.3) is 0 Å². The van der Waals surface area contributed by atoms with Gasteiger partial charge in [-0.05, 0) is 43.9 Å². The Hall–Kier alpha value is -2.27. The summed E-state index contributed by atoms with van der Waals surface area (Å²) in [7, 11) is 5.79. The van der Waals surface area contributed by atoms with Crippen LogP contribution in [-0.2, 0) is 0 Å². The van der Waals surface area contributed by atoms with Crippen molar-refractivity contribution in [2.75, 3.05) is 38.8 Å². The monoisotopic (exact) mass is 286 g/mol. The normalized spacial score (nSPS) is 12.2. The van der Waals surface area contributed by atoms with Crippen molar-refractivity contribution >= 4 is 11.6 Å². The van der Waals surface area contributed by atoms with Crippen molar-refractivity contribution in [2.45, 2.75) is 6.04 Å². The lowest BCUT2D eigenvalue weighted by Crippen LogP contribution is -2.27. The molecule has 0 saturated carbocycles. The number of aromatic nitrogens is 1. The molecule has 0 fully saturated rings. The van der Waals surface area contributed by atoms with Crippen molar-refractivity contribution in [3.8, 4) is 5.75 Å². The molecule has 5 heteroatoms. The van der Waals surface area contributed by atoms with Crippen LogP contribution in [0.4, 0.5) is 11.6 Å². The van der Waals surface area contributed by atoms with Crippen molar-refractivity contribution in [3.05, 3.63) is 48.0 Å². The van der Waals surface area contributed by atoms with Crippen molar-refractivity contribution in [2.24, 2.45) is 0 Å². The number of anilines is 2. The minimum absolute atomic E-state index is 0.211. The van der Waals surface area contributed by atoms with Crippen molar-refractivity contribution in [3.63, 3.8) is 0 Å². The Kier molecular flexibility index (Phi) is 5.00. The summed E-state index contributed by atoms with van der Waals surface area (Å²) in [5.41, 5.74) is 6.89. The fourth-order valence-electron chi connectivity index (χ4n) is 2.20. The van der Waals surface area contributed by atoms with Crippen molar-refractivity contribution in [1.29, 1.82) is 0 Å². The number of pyridine rings is 1. The van der Waals surface area contributed by atoms with E-state index in [4.69, 9.17) is 10.5 Å². The number of nitrogens with one attached hydrogen (secondary N) is 1. The zero-order valence-electron chi connectivity index (χ0n) is 12.7. The summed E-state index contributed by atoms with van der Waals surface area (Å²) in [4.78, 5) is 6.42. The molecule has 1 unspecified atom stereocenters. The van der Waals surface area contributed by atoms with E-state index in [2.05, 4.69) is 41.4 Å². The molecule has 2 aromatic rings. The van der Waals surface area contributed by atoms with Crippen LogP contribution in [0.5, 0.6) is 5.75 Å². The maximum atomic E-state index is 5.70. The van der Waals surface area contributed by atoms with E-state index in [-0.39, 0.29) is 6.04 Å². The molecule has 0 saturated heterocycles. The molecule has 3 N–H and O–H groups in total. The number of likely N-dealkylation sites (N-methyl/N-ethyl adjacent to an activating group) is 1. The van der Waals surface area contributed by atoms with Crippen LogP contribution < -0.4 is 15.8 Å². The largest absolute Gasteiger partial charge is 0.497 e. The second-order valence-corrected chi connectivity index (χ2v) is 5.08. The fraction of sp³-hybridized carbons (Fsp3) is 0.312. The van der Waals surface area contributed by atoms with Gasteiger partial charge in [0, 0.05) is 6.54 Å². The molecule has 0 spiro atoms. The van der Waals surface area contributed by atoms with Crippen LogP contribution in [0.1, 0.15) is 11.6 Å². The third kappa shape index (κ3) is 4.10. The van der Waals surface area contributed by atoms with E-state index in [0.29, 0.717) is 5.82 Å². The summed E-state index contributed by atoms with van der Waals surface area (Å²) in [6, 6.07) is 13.9. The van der Waals surface area contributed by atoms with Gasteiger partial charge in [-0.15, -0.1) is 0 Å². The average molecular weight is 286 g/mol. The predicted molar refractivity (Wildman–Crippen MR) is 86.6 cm³/mol. The first-order chi connectivity index (χ1) is 10.1. The van der Waals surface area contributed by atoms with E-state index in [1.54, 1.807) is 13.2 Å².